The lowest BCUT2D eigenvalue weighted by Gasteiger charge is -2.12. The standard InChI is InChI=1S/C51H30N4OS/c1-2-12-31(13-3-1)49-52-50(54-51(53-49)40-19-11-23-47-48(40)39-18-6-9-22-46(39)57-47)34-14-10-15-35(28-34)55-42-20-7-4-16-36(42)37-26-24-33(30-43(37)55)32-25-27-45-41(29-32)38-17-5-8-21-44(38)56-45/h1-30H. The molecule has 0 aliphatic carbocycles. The molecule has 0 aliphatic heterocycles. The average Bonchev–Trinajstić information content (AvgIpc) is 3.95. The van der Waals surface area contributed by atoms with E-state index in [1.165, 1.54) is 30.9 Å². The van der Waals surface area contributed by atoms with Gasteiger partial charge in [-0.05, 0) is 65.7 Å². The van der Waals surface area contributed by atoms with Gasteiger partial charge in [0.2, 0.25) is 0 Å². The quantitative estimate of drug-likeness (QED) is 0.176. The molecule has 0 fully saturated rings. The lowest BCUT2D eigenvalue weighted by Crippen LogP contribution is -2.01. The van der Waals surface area contributed by atoms with E-state index in [2.05, 4.69) is 156 Å². The third kappa shape index (κ3) is 5.12. The Bertz CT molecular complexity index is 3540. The molecule has 5 nitrogen and oxygen atoms in total. The second-order valence-electron chi connectivity index (χ2n) is 14.4. The van der Waals surface area contributed by atoms with Gasteiger partial charge in [-0.3, -0.25) is 0 Å². The molecule has 6 heteroatoms. The maximum Gasteiger partial charge on any atom is 0.164 e. The Kier molecular flexibility index (Phi) is 7.03. The van der Waals surface area contributed by atoms with Crippen molar-refractivity contribution in [2.45, 2.75) is 0 Å². The summed E-state index contributed by atoms with van der Waals surface area (Å²) < 4.78 is 11.0. The highest BCUT2D eigenvalue weighted by atomic mass is 32.1. The molecule has 8 aromatic carbocycles. The number of fused-ring (bicyclic) bond motifs is 9. The van der Waals surface area contributed by atoms with Crippen LogP contribution in [0.15, 0.2) is 186 Å². The first kappa shape index (κ1) is 31.9. The van der Waals surface area contributed by atoms with Crippen molar-refractivity contribution < 1.29 is 4.42 Å². The normalized spacial score (nSPS) is 11.9. The van der Waals surface area contributed by atoms with Gasteiger partial charge >= 0.3 is 0 Å². The third-order valence-corrected chi connectivity index (χ3v) is 12.2. The Morgan fingerprint density at radius 1 is 0.386 bits per heavy atom. The van der Waals surface area contributed by atoms with E-state index in [-0.39, 0.29) is 0 Å². The molecule has 12 aromatic rings. The minimum Gasteiger partial charge on any atom is -0.456 e. The maximum absolute atomic E-state index is 6.16. The van der Waals surface area contributed by atoms with Crippen LogP contribution in [-0.4, -0.2) is 19.5 Å². The molecular formula is C51H30N4OS. The molecule has 4 heterocycles. The van der Waals surface area contributed by atoms with Gasteiger partial charge in [0.15, 0.2) is 17.5 Å². The Balaban J connectivity index is 1.04. The van der Waals surface area contributed by atoms with E-state index in [1.807, 2.05) is 30.3 Å². The number of benzene rings is 8. The van der Waals surface area contributed by atoms with Crippen LogP contribution in [0, 0.1) is 0 Å². The lowest BCUT2D eigenvalue weighted by atomic mass is 10.0. The first-order valence-electron chi connectivity index (χ1n) is 19.0. The van der Waals surface area contributed by atoms with Crippen molar-refractivity contribution in [3.05, 3.63) is 182 Å². The molecule has 0 spiro atoms. The molecular weight excluding hydrogens is 717 g/mol. The third-order valence-electron chi connectivity index (χ3n) is 11.1. The van der Waals surface area contributed by atoms with Gasteiger partial charge in [-0.2, -0.15) is 0 Å². The van der Waals surface area contributed by atoms with E-state index >= 15 is 0 Å². The molecule has 12 rings (SSSR count). The Morgan fingerprint density at radius 2 is 1.04 bits per heavy atom. The summed E-state index contributed by atoms with van der Waals surface area (Å²) in [6, 6.07) is 63.9. The summed E-state index contributed by atoms with van der Waals surface area (Å²) in [6.07, 6.45) is 0. The number of aromatic nitrogens is 4. The molecule has 266 valence electrons. The van der Waals surface area contributed by atoms with E-state index in [4.69, 9.17) is 19.4 Å². The van der Waals surface area contributed by atoms with Crippen LogP contribution in [0.4, 0.5) is 0 Å². The predicted molar refractivity (Wildman–Crippen MR) is 236 cm³/mol. The highest BCUT2D eigenvalue weighted by Gasteiger charge is 2.19. The summed E-state index contributed by atoms with van der Waals surface area (Å²) in [5.74, 6) is 1.92. The molecule has 0 amide bonds. The molecule has 0 saturated heterocycles. The minimum atomic E-state index is 0.624. The summed E-state index contributed by atoms with van der Waals surface area (Å²) in [7, 11) is 0. The predicted octanol–water partition coefficient (Wildman–Crippen LogP) is 13.9. The summed E-state index contributed by atoms with van der Waals surface area (Å²) >= 11 is 1.80. The van der Waals surface area contributed by atoms with E-state index in [0.29, 0.717) is 17.5 Å². The van der Waals surface area contributed by atoms with Crippen LogP contribution in [-0.2, 0) is 0 Å². The van der Waals surface area contributed by atoms with Crippen molar-refractivity contribution in [3.63, 3.8) is 0 Å². The van der Waals surface area contributed by atoms with Gasteiger partial charge in [-0.1, -0.05) is 127 Å². The number of para-hydroxylation sites is 2. The molecule has 0 aliphatic rings. The van der Waals surface area contributed by atoms with Crippen molar-refractivity contribution in [1.29, 1.82) is 0 Å². The van der Waals surface area contributed by atoms with Crippen LogP contribution in [0.2, 0.25) is 0 Å². The topological polar surface area (TPSA) is 56.7 Å². The van der Waals surface area contributed by atoms with Crippen molar-refractivity contribution in [3.8, 4) is 51.0 Å². The molecule has 57 heavy (non-hydrogen) atoms. The number of rotatable bonds is 5. The Morgan fingerprint density at radius 3 is 1.95 bits per heavy atom. The maximum atomic E-state index is 6.16. The zero-order valence-corrected chi connectivity index (χ0v) is 31.2. The number of furan rings is 1. The summed E-state index contributed by atoms with van der Waals surface area (Å²) in [5, 5.41) is 7.02. The molecule has 0 unspecified atom stereocenters. The molecule has 4 aromatic heterocycles. The first-order chi connectivity index (χ1) is 28.2. The zero-order valence-electron chi connectivity index (χ0n) is 30.4. The molecule has 0 radical (unpaired) electrons. The molecule has 0 bridgehead atoms. The highest BCUT2D eigenvalue weighted by molar-refractivity contribution is 7.25. The largest absolute Gasteiger partial charge is 0.456 e. The van der Waals surface area contributed by atoms with Crippen molar-refractivity contribution in [1.82, 2.24) is 19.5 Å². The van der Waals surface area contributed by atoms with Crippen LogP contribution in [0.3, 0.4) is 0 Å². The molecule has 0 N–H and O–H groups in total. The smallest absolute Gasteiger partial charge is 0.164 e. The van der Waals surface area contributed by atoms with Gasteiger partial charge in [0.25, 0.3) is 0 Å². The lowest BCUT2D eigenvalue weighted by molar-refractivity contribution is 0.669. The van der Waals surface area contributed by atoms with Gasteiger partial charge < -0.3 is 8.98 Å². The van der Waals surface area contributed by atoms with E-state index in [0.717, 1.165) is 66.5 Å². The number of nitrogens with zero attached hydrogens (tertiary/aromatic N) is 4. The Labute approximate surface area is 330 Å². The summed E-state index contributed by atoms with van der Waals surface area (Å²) in [4.78, 5) is 15.5. The van der Waals surface area contributed by atoms with Crippen LogP contribution < -0.4 is 0 Å². The van der Waals surface area contributed by atoms with Gasteiger partial charge in [0.1, 0.15) is 11.2 Å². The molecule has 0 atom stereocenters. The fraction of sp³-hybridized carbons (Fsp3) is 0. The number of hydrogen-bond donors (Lipinski definition) is 0. The van der Waals surface area contributed by atoms with Gasteiger partial charge in [-0.25, -0.2) is 15.0 Å². The number of hydrogen-bond acceptors (Lipinski definition) is 5. The van der Waals surface area contributed by atoms with E-state index in [1.54, 1.807) is 11.3 Å². The summed E-state index contributed by atoms with van der Waals surface area (Å²) in [5.41, 5.74) is 10.2. The second kappa shape index (κ2) is 12.6. The van der Waals surface area contributed by atoms with Crippen molar-refractivity contribution in [2.24, 2.45) is 0 Å². The second-order valence-corrected chi connectivity index (χ2v) is 15.5. The monoisotopic (exact) mass is 746 g/mol. The van der Waals surface area contributed by atoms with Gasteiger partial charge in [0.05, 0.1) is 11.0 Å². The highest BCUT2D eigenvalue weighted by Crippen LogP contribution is 2.41. The average molecular weight is 747 g/mol. The van der Waals surface area contributed by atoms with Crippen LogP contribution in [0.1, 0.15) is 0 Å². The van der Waals surface area contributed by atoms with Crippen molar-refractivity contribution in [2.75, 3.05) is 0 Å². The van der Waals surface area contributed by atoms with Crippen LogP contribution in [0.5, 0.6) is 0 Å². The number of thiophene rings is 1. The first-order valence-corrected chi connectivity index (χ1v) is 19.8. The van der Waals surface area contributed by atoms with Crippen molar-refractivity contribution >= 4 is 75.3 Å². The fourth-order valence-electron chi connectivity index (χ4n) is 8.42. The Hall–Kier alpha value is -7.41. The van der Waals surface area contributed by atoms with Gasteiger partial charge in [0, 0.05) is 64.1 Å². The van der Waals surface area contributed by atoms with Crippen LogP contribution in [0.25, 0.3) is 115 Å². The van der Waals surface area contributed by atoms with E-state index < -0.39 is 0 Å². The van der Waals surface area contributed by atoms with E-state index in [9.17, 15) is 0 Å². The summed E-state index contributed by atoms with van der Waals surface area (Å²) in [6.45, 7) is 0. The fourth-order valence-corrected chi connectivity index (χ4v) is 9.55. The SMILES string of the molecule is c1ccc(-c2nc(-c3cccc(-n4c5ccccc5c5ccc(-c6ccc7oc8ccccc8c7c6)cc54)c3)nc(-c3cccc4sc5ccccc5c34)n2)cc1. The molecule has 0 saturated carbocycles. The van der Waals surface area contributed by atoms with Gasteiger partial charge in [-0.15, -0.1) is 11.3 Å². The van der Waals surface area contributed by atoms with Crippen LogP contribution >= 0.6 is 11.3 Å². The minimum absolute atomic E-state index is 0.624. The zero-order chi connectivity index (χ0) is 37.5.